The zero-order valence-electron chi connectivity index (χ0n) is 6.54. The SMILES string of the molecule is COC(=O)C1(C(=O)O)CC(F)C1. The van der Waals surface area contributed by atoms with Crippen LogP contribution in [-0.4, -0.2) is 30.3 Å². The maximum Gasteiger partial charge on any atom is 0.323 e. The molecule has 1 fully saturated rings. The minimum atomic E-state index is -1.62. The van der Waals surface area contributed by atoms with Crippen molar-refractivity contribution in [2.45, 2.75) is 19.0 Å². The number of carboxylic acids is 1. The van der Waals surface area contributed by atoms with Gasteiger partial charge in [-0.3, -0.25) is 9.59 Å². The van der Waals surface area contributed by atoms with Gasteiger partial charge >= 0.3 is 11.9 Å². The summed E-state index contributed by atoms with van der Waals surface area (Å²) in [6, 6.07) is 0. The first-order valence-corrected chi connectivity index (χ1v) is 3.49. The van der Waals surface area contributed by atoms with Crippen LogP contribution >= 0.6 is 0 Å². The molecule has 1 N–H and O–H groups in total. The third-order valence-corrected chi connectivity index (χ3v) is 2.13. The molecule has 4 nitrogen and oxygen atoms in total. The molecule has 12 heavy (non-hydrogen) atoms. The van der Waals surface area contributed by atoms with E-state index in [-0.39, 0.29) is 12.8 Å². The van der Waals surface area contributed by atoms with Crippen molar-refractivity contribution < 1.29 is 23.8 Å². The number of aliphatic carboxylic acids is 1. The van der Waals surface area contributed by atoms with E-state index >= 15 is 0 Å². The molecular formula is C7H9FO4. The molecule has 0 aromatic heterocycles. The number of methoxy groups -OCH3 is 1. The molecule has 1 saturated carbocycles. The predicted molar refractivity (Wildman–Crippen MR) is 36.2 cm³/mol. The summed E-state index contributed by atoms with van der Waals surface area (Å²) in [4.78, 5) is 21.5. The first kappa shape index (κ1) is 8.96. The number of rotatable bonds is 2. The van der Waals surface area contributed by atoms with E-state index in [1.54, 1.807) is 0 Å². The normalized spacial score (nSPS) is 33.7. The summed E-state index contributed by atoms with van der Waals surface area (Å²) in [5.74, 6) is -2.16. The highest BCUT2D eigenvalue weighted by molar-refractivity contribution is 6.00. The fraction of sp³-hybridized carbons (Fsp3) is 0.714. The van der Waals surface area contributed by atoms with E-state index in [9.17, 15) is 14.0 Å². The van der Waals surface area contributed by atoms with Gasteiger partial charge < -0.3 is 9.84 Å². The minimum Gasteiger partial charge on any atom is -0.480 e. The van der Waals surface area contributed by atoms with Crippen LogP contribution in [0.25, 0.3) is 0 Å². The number of halogens is 1. The molecule has 1 aliphatic carbocycles. The summed E-state index contributed by atoms with van der Waals surface area (Å²) >= 11 is 0. The Balaban J connectivity index is 2.76. The van der Waals surface area contributed by atoms with Crippen molar-refractivity contribution in [2.24, 2.45) is 5.41 Å². The number of carbonyl (C=O) groups is 2. The van der Waals surface area contributed by atoms with Crippen LogP contribution in [0.1, 0.15) is 12.8 Å². The molecule has 68 valence electrons. The average Bonchev–Trinajstić information content (AvgIpc) is 1.96. The lowest BCUT2D eigenvalue weighted by molar-refractivity contribution is -0.178. The van der Waals surface area contributed by atoms with Crippen LogP contribution in [0.2, 0.25) is 0 Å². The number of esters is 1. The largest absolute Gasteiger partial charge is 0.480 e. The summed E-state index contributed by atoms with van der Waals surface area (Å²) in [5, 5.41) is 8.64. The van der Waals surface area contributed by atoms with Crippen molar-refractivity contribution in [3.05, 3.63) is 0 Å². The molecule has 0 bridgehead atoms. The predicted octanol–water partition coefficient (Wildman–Crippen LogP) is 0.362. The van der Waals surface area contributed by atoms with Gasteiger partial charge in [-0.25, -0.2) is 4.39 Å². The molecule has 1 rings (SSSR count). The van der Waals surface area contributed by atoms with E-state index in [0.717, 1.165) is 7.11 Å². The van der Waals surface area contributed by atoms with Crippen LogP contribution in [0.5, 0.6) is 0 Å². The fourth-order valence-corrected chi connectivity index (χ4v) is 1.32. The molecule has 0 saturated heterocycles. The average molecular weight is 176 g/mol. The van der Waals surface area contributed by atoms with Gasteiger partial charge in [0.1, 0.15) is 6.17 Å². The van der Waals surface area contributed by atoms with Gasteiger partial charge in [0.2, 0.25) is 0 Å². The van der Waals surface area contributed by atoms with Crippen LogP contribution in [0, 0.1) is 5.41 Å². The maximum absolute atomic E-state index is 12.4. The lowest BCUT2D eigenvalue weighted by atomic mass is 9.67. The van der Waals surface area contributed by atoms with Crippen molar-refractivity contribution in [3.63, 3.8) is 0 Å². The summed E-state index contributed by atoms with van der Waals surface area (Å²) < 4.78 is 16.7. The topological polar surface area (TPSA) is 63.6 Å². The molecule has 0 amide bonds. The zero-order valence-corrected chi connectivity index (χ0v) is 6.54. The van der Waals surface area contributed by atoms with Crippen molar-refractivity contribution in [1.29, 1.82) is 0 Å². The number of carbonyl (C=O) groups excluding carboxylic acids is 1. The summed E-state index contributed by atoms with van der Waals surface area (Å²) in [7, 11) is 1.10. The highest BCUT2D eigenvalue weighted by Crippen LogP contribution is 2.44. The lowest BCUT2D eigenvalue weighted by Gasteiger charge is -2.37. The molecule has 0 aliphatic heterocycles. The van der Waals surface area contributed by atoms with E-state index in [4.69, 9.17) is 5.11 Å². The third kappa shape index (κ3) is 1.05. The standard InChI is InChI=1S/C7H9FO4/c1-12-6(11)7(5(9)10)2-4(8)3-7/h4H,2-3H2,1H3,(H,9,10). The van der Waals surface area contributed by atoms with Crippen LogP contribution in [0.3, 0.4) is 0 Å². The zero-order chi connectivity index (χ0) is 9.35. The highest BCUT2D eigenvalue weighted by Gasteiger charge is 2.58. The molecule has 0 unspecified atom stereocenters. The minimum absolute atomic E-state index is 0.269. The van der Waals surface area contributed by atoms with Gasteiger partial charge in [-0.15, -0.1) is 0 Å². The van der Waals surface area contributed by atoms with Crippen molar-refractivity contribution >= 4 is 11.9 Å². The molecule has 1 aliphatic rings. The van der Waals surface area contributed by atoms with Gasteiger partial charge in [-0.05, 0) is 0 Å². The van der Waals surface area contributed by atoms with Gasteiger partial charge in [0.05, 0.1) is 7.11 Å². The van der Waals surface area contributed by atoms with Gasteiger partial charge in [-0.1, -0.05) is 0 Å². The van der Waals surface area contributed by atoms with Crippen LogP contribution in [0.15, 0.2) is 0 Å². The van der Waals surface area contributed by atoms with Crippen LogP contribution in [-0.2, 0) is 14.3 Å². The lowest BCUT2D eigenvalue weighted by Crippen LogP contribution is -2.51. The number of ether oxygens (including phenoxy) is 1. The van der Waals surface area contributed by atoms with Crippen molar-refractivity contribution in [3.8, 4) is 0 Å². The molecular weight excluding hydrogens is 167 g/mol. The first-order valence-electron chi connectivity index (χ1n) is 3.49. The summed E-state index contributed by atoms with van der Waals surface area (Å²) in [5.41, 5.74) is -1.62. The first-order chi connectivity index (χ1) is 5.53. The number of hydrogen-bond donors (Lipinski definition) is 1. The van der Waals surface area contributed by atoms with E-state index in [2.05, 4.69) is 4.74 Å². The Labute approximate surface area is 68.3 Å². The summed E-state index contributed by atoms with van der Waals surface area (Å²) in [6.07, 6.45) is -1.73. The monoisotopic (exact) mass is 176 g/mol. The Morgan fingerprint density at radius 1 is 1.58 bits per heavy atom. The number of hydrogen-bond acceptors (Lipinski definition) is 3. The Morgan fingerprint density at radius 2 is 2.08 bits per heavy atom. The van der Waals surface area contributed by atoms with E-state index < -0.39 is 23.5 Å². The Bertz CT molecular complexity index is 219. The van der Waals surface area contributed by atoms with Gasteiger partial charge in [-0.2, -0.15) is 0 Å². The molecule has 0 aromatic rings. The fourth-order valence-electron chi connectivity index (χ4n) is 1.32. The van der Waals surface area contributed by atoms with Crippen LogP contribution < -0.4 is 0 Å². The van der Waals surface area contributed by atoms with Crippen LogP contribution in [0.4, 0.5) is 4.39 Å². The molecule has 0 heterocycles. The Morgan fingerprint density at radius 3 is 2.33 bits per heavy atom. The third-order valence-electron chi connectivity index (χ3n) is 2.13. The molecule has 0 atom stereocenters. The van der Waals surface area contributed by atoms with E-state index in [0.29, 0.717) is 0 Å². The Kier molecular flexibility index (Phi) is 2.04. The van der Waals surface area contributed by atoms with E-state index in [1.807, 2.05) is 0 Å². The van der Waals surface area contributed by atoms with E-state index in [1.165, 1.54) is 0 Å². The second kappa shape index (κ2) is 2.73. The maximum atomic E-state index is 12.4. The quantitative estimate of drug-likeness (QED) is 0.487. The molecule has 0 aromatic carbocycles. The molecule has 0 spiro atoms. The number of alkyl halides is 1. The molecule has 5 heteroatoms. The second-order valence-electron chi connectivity index (χ2n) is 2.88. The number of carboxylic acid groups (broad SMARTS) is 1. The van der Waals surface area contributed by atoms with Gasteiger partial charge in [0.15, 0.2) is 5.41 Å². The molecule has 0 radical (unpaired) electrons. The highest BCUT2D eigenvalue weighted by atomic mass is 19.1. The van der Waals surface area contributed by atoms with Gasteiger partial charge in [0, 0.05) is 12.8 Å². The second-order valence-corrected chi connectivity index (χ2v) is 2.88. The Hall–Kier alpha value is -1.13. The summed E-state index contributed by atoms with van der Waals surface area (Å²) in [6.45, 7) is 0. The smallest absolute Gasteiger partial charge is 0.323 e. The van der Waals surface area contributed by atoms with Gasteiger partial charge in [0.25, 0.3) is 0 Å². The van der Waals surface area contributed by atoms with Crippen molar-refractivity contribution in [2.75, 3.05) is 7.11 Å². The van der Waals surface area contributed by atoms with Crippen molar-refractivity contribution in [1.82, 2.24) is 0 Å².